The van der Waals surface area contributed by atoms with Gasteiger partial charge in [-0.15, -0.1) is 0 Å². The summed E-state index contributed by atoms with van der Waals surface area (Å²) in [5.74, 6) is 1.26. The number of hydrogen-bond donors (Lipinski definition) is 1. The third-order valence-corrected chi connectivity index (χ3v) is 5.71. The van der Waals surface area contributed by atoms with E-state index in [1.54, 1.807) is 26.4 Å². The van der Waals surface area contributed by atoms with Gasteiger partial charge in [-0.1, -0.05) is 24.3 Å². The van der Waals surface area contributed by atoms with Gasteiger partial charge in [0.2, 0.25) is 0 Å². The number of aryl methyl sites for hydroxylation is 1. The first-order valence-corrected chi connectivity index (χ1v) is 9.25. The lowest BCUT2D eigenvalue weighted by atomic mass is 9.87. The quantitative estimate of drug-likeness (QED) is 0.434. The van der Waals surface area contributed by atoms with Gasteiger partial charge in [-0.2, -0.15) is 0 Å². The molecule has 0 bridgehead atoms. The van der Waals surface area contributed by atoms with Crippen LogP contribution in [0.15, 0.2) is 54.6 Å². The van der Waals surface area contributed by atoms with Crippen LogP contribution in [0.5, 0.6) is 11.5 Å². The molecule has 4 heteroatoms. The highest BCUT2D eigenvalue weighted by molar-refractivity contribution is 5.91. The van der Waals surface area contributed by atoms with E-state index in [-0.39, 0.29) is 11.7 Å². The van der Waals surface area contributed by atoms with E-state index in [9.17, 15) is 4.39 Å². The molecule has 4 aromatic rings. The minimum Gasteiger partial charge on any atom is -0.497 e. The van der Waals surface area contributed by atoms with E-state index in [4.69, 9.17) is 9.47 Å². The van der Waals surface area contributed by atoms with E-state index in [0.29, 0.717) is 0 Å². The fraction of sp³-hybridized carbons (Fsp3) is 0.167. The summed E-state index contributed by atoms with van der Waals surface area (Å²) in [7, 11) is 3.34. The monoisotopic (exact) mass is 373 g/mol. The number of fused-ring (bicyclic) bond motifs is 4. The molecule has 0 aliphatic heterocycles. The van der Waals surface area contributed by atoms with Crippen molar-refractivity contribution in [1.82, 2.24) is 4.98 Å². The molecule has 0 saturated carbocycles. The summed E-state index contributed by atoms with van der Waals surface area (Å²) in [6.07, 6.45) is 0. The molecule has 140 valence electrons. The molecular weight excluding hydrogens is 353 g/mol. The molecule has 1 aliphatic carbocycles. The molecule has 1 atom stereocenters. The number of rotatable bonds is 3. The topological polar surface area (TPSA) is 34.2 Å². The van der Waals surface area contributed by atoms with Crippen molar-refractivity contribution >= 4 is 10.9 Å². The van der Waals surface area contributed by atoms with Crippen LogP contribution in [-0.2, 0) is 0 Å². The number of H-pyrrole nitrogens is 1. The summed E-state index contributed by atoms with van der Waals surface area (Å²) < 4.78 is 25.4. The Morgan fingerprint density at radius 3 is 2.50 bits per heavy atom. The Hall–Kier alpha value is -3.27. The summed E-state index contributed by atoms with van der Waals surface area (Å²) in [4.78, 5) is 3.42. The van der Waals surface area contributed by atoms with Gasteiger partial charge in [-0.3, -0.25) is 0 Å². The standard InChI is InChI=1S/C24H20FNO2/c1-13-22(19-10-14(25)8-9-20(19)26-13)24-17-7-5-4-6-16(17)18-11-15(27-2)12-21(28-3)23(18)24/h4-12,24,26H,1-3H3. The zero-order valence-electron chi connectivity index (χ0n) is 16.0. The highest BCUT2D eigenvalue weighted by atomic mass is 19.1. The SMILES string of the molecule is COc1cc(OC)c2c(c1)-c1ccccc1C2c1c(C)[nH]c2ccc(F)cc12. The maximum absolute atomic E-state index is 14.1. The lowest BCUT2D eigenvalue weighted by Crippen LogP contribution is -2.03. The van der Waals surface area contributed by atoms with Gasteiger partial charge in [0.1, 0.15) is 17.3 Å². The highest BCUT2D eigenvalue weighted by Crippen LogP contribution is 2.54. The maximum atomic E-state index is 14.1. The number of nitrogens with one attached hydrogen (secondary N) is 1. The van der Waals surface area contributed by atoms with Crippen molar-refractivity contribution in [3.63, 3.8) is 0 Å². The number of aromatic nitrogens is 1. The van der Waals surface area contributed by atoms with Crippen molar-refractivity contribution < 1.29 is 13.9 Å². The van der Waals surface area contributed by atoms with Gasteiger partial charge >= 0.3 is 0 Å². The minimum absolute atomic E-state index is 0.0393. The number of methoxy groups -OCH3 is 2. The molecular formula is C24H20FNO2. The van der Waals surface area contributed by atoms with Crippen molar-refractivity contribution in [2.45, 2.75) is 12.8 Å². The molecule has 3 aromatic carbocycles. The number of halogens is 1. The molecule has 28 heavy (non-hydrogen) atoms. The van der Waals surface area contributed by atoms with Crippen LogP contribution in [0.4, 0.5) is 4.39 Å². The van der Waals surface area contributed by atoms with Crippen LogP contribution >= 0.6 is 0 Å². The molecule has 0 spiro atoms. The lowest BCUT2D eigenvalue weighted by Gasteiger charge is -2.18. The van der Waals surface area contributed by atoms with Crippen LogP contribution < -0.4 is 9.47 Å². The summed E-state index contributed by atoms with van der Waals surface area (Å²) >= 11 is 0. The predicted molar refractivity (Wildman–Crippen MR) is 109 cm³/mol. The van der Waals surface area contributed by atoms with Crippen molar-refractivity contribution in [3.8, 4) is 22.6 Å². The predicted octanol–water partition coefficient (Wildman–Crippen LogP) is 5.79. The van der Waals surface area contributed by atoms with Gasteiger partial charge in [0.05, 0.1) is 14.2 Å². The van der Waals surface area contributed by atoms with Gasteiger partial charge in [-0.05, 0) is 53.4 Å². The lowest BCUT2D eigenvalue weighted by molar-refractivity contribution is 0.391. The second-order valence-corrected chi connectivity index (χ2v) is 7.16. The molecule has 1 unspecified atom stereocenters. The Morgan fingerprint density at radius 2 is 1.71 bits per heavy atom. The molecule has 5 rings (SSSR count). The van der Waals surface area contributed by atoms with Gasteiger partial charge in [0.15, 0.2) is 0 Å². The zero-order chi connectivity index (χ0) is 19.4. The number of ether oxygens (including phenoxy) is 2. The van der Waals surface area contributed by atoms with Gasteiger partial charge in [0, 0.05) is 34.1 Å². The second-order valence-electron chi connectivity index (χ2n) is 7.16. The van der Waals surface area contributed by atoms with E-state index in [1.807, 2.05) is 25.1 Å². The summed E-state index contributed by atoms with van der Waals surface area (Å²) in [6.45, 7) is 2.05. The fourth-order valence-electron chi connectivity index (χ4n) is 4.55. The van der Waals surface area contributed by atoms with Crippen LogP contribution in [0, 0.1) is 12.7 Å². The maximum Gasteiger partial charge on any atom is 0.127 e. The third-order valence-electron chi connectivity index (χ3n) is 5.71. The first-order valence-electron chi connectivity index (χ1n) is 9.25. The smallest absolute Gasteiger partial charge is 0.127 e. The van der Waals surface area contributed by atoms with E-state index in [0.717, 1.165) is 50.3 Å². The molecule has 3 nitrogen and oxygen atoms in total. The second kappa shape index (κ2) is 6.13. The van der Waals surface area contributed by atoms with E-state index < -0.39 is 0 Å². The van der Waals surface area contributed by atoms with Gasteiger partial charge in [0.25, 0.3) is 0 Å². The molecule has 0 fully saturated rings. The fourth-order valence-corrected chi connectivity index (χ4v) is 4.55. The van der Waals surface area contributed by atoms with Crippen molar-refractivity contribution in [2.75, 3.05) is 14.2 Å². The largest absolute Gasteiger partial charge is 0.497 e. The van der Waals surface area contributed by atoms with Crippen LogP contribution in [0.25, 0.3) is 22.0 Å². The Morgan fingerprint density at radius 1 is 0.893 bits per heavy atom. The van der Waals surface area contributed by atoms with Crippen LogP contribution in [0.2, 0.25) is 0 Å². The Kier molecular flexibility index (Phi) is 3.69. The molecule has 0 radical (unpaired) electrons. The van der Waals surface area contributed by atoms with E-state index in [1.165, 1.54) is 11.6 Å². The van der Waals surface area contributed by atoms with Crippen molar-refractivity contribution in [1.29, 1.82) is 0 Å². The molecule has 1 aliphatic rings. The summed E-state index contributed by atoms with van der Waals surface area (Å²) in [5.41, 5.74) is 7.60. The normalized spacial score (nSPS) is 14.8. The van der Waals surface area contributed by atoms with Gasteiger partial charge < -0.3 is 14.5 Å². The summed E-state index contributed by atoms with van der Waals surface area (Å²) in [5, 5.41) is 0.906. The highest BCUT2D eigenvalue weighted by Gasteiger charge is 2.35. The zero-order valence-corrected chi connectivity index (χ0v) is 16.0. The van der Waals surface area contributed by atoms with Crippen molar-refractivity contribution in [2.24, 2.45) is 0 Å². The first-order chi connectivity index (χ1) is 13.6. The summed E-state index contributed by atoms with van der Waals surface area (Å²) in [6, 6.07) is 17.2. The van der Waals surface area contributed by atoms with Crippen LogP contribution in [0.1, 0.15) is 28.3 Å². The molecule has 1 heterocycles. The Balaban J connectivity index is 1.88. The Labute approximate surface area is 162 Å². The first kappa shape index (κ1) is 16.9. The van der Waals surface area contributed by atoms with Crippen molar-refractivity contribution in [3.05, 3.63) is 82.8 Å². The Bertz CT molecular complexity index is 1220. The molecule has 1 aromatic heterocycles. The van der Waals surface area contributed by atoms with E-state index >= 15 is 0 Å². The number of benzene rings is 3. The molecule has 0 amide bonds. The average molecular weight is 373 g/mol. The third kappa shape index (κ3) is 2.27. The van der Waals surface area contributed by atoms with Crippen LogP contribution in [-0.4, -0.2) is 19.2 Å². The molecule has 1 N–H and O–H groups in total. The van der Waals surface area contributed by atoms with Crippen LogP contribution in [0.3, 0.4) is 0 Å². The average Bonchev–Trinajstić information content (AvgIpc) is 3.20. The minimum atomic E-state index is -0.235. The van der Waals surface area contributed by atoms with Gasteiger partial charge in [-0.25, -0.2) is 4.39 Å². The number of aromatic amines is 1. The number of hydrogen-bond acceptors (Lipinski definition) is 2. The molecule has 0 saturated heterocycles. The van der Waals surface area contributed by atoms with E-state index in [2.05, 4.69) is 23.2 Å².